The van der Waals surface area contributed by atoms with Crippen LogP contribution >= 0.6 is 0 Å². The van der Waals surface area contributed by atoms with Gasteiger partial charge in [0.05, 0.1) is 25.2 Å². The van der Waals surface area contributed by atoms with Gasteiger partial charge in [-0.25, -0.2) is 12.8 Å². The lowest BCUT2D eigenvalue weighted by Gasteiger charge is -2.54. The van der Waals surface area contributed by atoms with Crippen LogP contribution in [0, 0.1) is 29.5 Å². The maximum Gasteiger partial charge on any atom is 0.305 e. The van der Waals surface area contributed by atoms with E-state index < -0.39 is 15.1 Å². The number of nitrogens with zero attached hydrogens (tertiary/aromatic N) is 5. The number of likely N-dealkylation sites (tertiary alicyclic amines) is 3. The molecule has 1 aliphatic carbocycles. The van der Waals surface area contributed by atoms with Gasteiger partial charge in [0.25, 0.3) is 5.91 Å². The zero-order chi connectivity index (χ0) is 40.4. The molecule has 5 heterocycles. The van der Waals surface area contributed by atoms with Gasteiger partial charge in [-0.3, -0.25) is 14.5 Å². The zero-order valence-corrected chi connectivity index (χ0v) is 35.1. The second-order valence-corrected chi connectivity index (χ2v) is 20.2. The normalized spacial score (nSPS) is 25.4. The number of piperidine rings is 1. The Morgan fingerprint density at radius 1 is 0.879 bits per heavy atom. The van der Waals surface area contributed by atoms with E-state index in [2.05, 4.69) is 32.2 Å². The highest BCUT2D eigenvalue weighted by Crippen LogP contribution is 2.54. The van der Waals surface area contributed by atoms with Gasteiger partial charge in [-0.15, -0.1) is 0 Å². The number of halogens is 1. The van der Waals surface area contributed by atoms with Crippen LogP contribution < -0.4 is 4.90 Å². The van der Waals surface area contributed by atoms with Gasteiger partial charge < -0.3 is 29.1 Å². The van der Waals surface area contributed by atoms with Gasteiger partial charge in [0.15, 0.2) is 9.84 Å². The molecule has 58 heavy (non-hydrogen) atoms. The second-order valence-electron chi connectivity index (χ2n) is 18.0. The van der Waals surface area contributed by atoms with Gasteiger partial charge in [-0.2, -0.15) is 0 Å². The van der Waals surface area contributed by atoms with Gasteiger partial charge in [0, 0.05) is 87.9 Å². The van der Waals surface area contributed by atoms with Gasteiger partial charge in [-0.05, 0) is 112 Å². The minimum atomic E-state index is -3.59. The fourth-order valence-corrected chi connectivity index (χ4v) is 12.8. The van der Waals surface area contributed by atoms with Crippen molar-refractivity contribution < 1.29 is 31.9 Å². The second kappa shape index (κ2) is 17.7. The molecule has 316 valence electrons. The number of benzene rings is 2. The van der Waals surface area contributed by atoms with Crippen LogP contribution in [0.15, 0.2) is 65.6 Å². The number of methoxy groups -OCH3 is 1. The molecular formula is C45H62FN5O6S. The molecule has 5 aliphatic heterocycles. The summed E-state index contributed by atoms with van der Waals surface area (Å²) < 4.78 is 53.0. The van der Waals surface area contributed by atoms with Crippen LogP contribution in [0.25, 0.3) is 0 Å². The number of carbonyl (C=O) groups is 2. The van der Waals surface area contributed by atoms with Crippen molar-refractivity contribution in [2.24, 2.45) is 23.7 Å². The van der Waals surface area contributed by atoms with E-state index in [9.17, 15) is 18.0 Å². The third kappa shape index (κ3) is 8.62. The lowest BCUT2D eigenvalue weighted by molar-refractivity contribution is -0.142. The number of hydrogen-bond acceptors (Lipinski definition) is 10. The van der Waals surface area contributed by atoms with Crippen molar-refractivity contribution in [1.29, 1.82) is 0 Å². The van der Waals surface area contributed by atoms with Crippen LogP contribution in [0.3, 0.4) is 0 Å². The van der Waals surface area contributed by atoms with E-state index in [0.29, 0.717) is 54.4 Å². The lowest BCUT2D eigenvalue weighted by Crippen LogP contribution is -2.58. The fourth-order valence-electron chi connectivity index (χ4n) is 11.1. The summed E-state index contributed by atoms with van der Waals surface area (Å²) in [6, 6.07) is 14.7. The van der Waals surface area contributed by atoms with Crippen molar-refractivity contribution in [3.63, 3.8) is 0 Å². The monoisotopic (exact) mass is 819 g/mol. The molecule has 11 nitrogen and oxygen atoms in total. The number of carbonyl (C=O) groups excluding carboxylic acids is 2. The highest BCUT2D eigenvalue weighted by molar-refractivity contribution is 7.92. The smallest absolute Gasteiger partial charge is 0.305 e. The van der Waals surface area contributed by atoms with Crippen LogP contribution in [0.2, 0.25) is 0 Å². The molecule has 0 unspecified atom stereocenters. The summed E-state index contributed by atoms with van der Waals surface area (Å²) in [6.07, 6.45) is 6.84. The highest BCUT2D eigenvalue weighted by Gasteiger charge is 2.53. The maximum absolute atomic E-state index is 15.1. The number of esters is 1. The largest absolute Gasteiger partial charge is 0.469 e. The van der Waals surface area contributed by atoms with Crippen molar-refractivity contribution >= 4 is 27.4 Å². The van der Waals surface area contributed by atoms with Crippen molar-refractivity contribution in [2.45, 2.75) is 60.5 Å². The Hall–Kier alpha value is -3.36. The summed E-state index contributed by atoms with van der Waals surface area (Å²) >= 11 is 0. The van der Waals surface area contributed by atoms with Crippen LogP contribution in [0.1, 0.15) is 50.5 Å². The third-order valence-corrected chi connectivity index (χ3v) is 16.6. The number of morpholine rings is 1. The first-order valence-electron chi connectivity index (χ1n) is 21.7. The first kappa shape index (κ1) is 41.4. The van der Waals surface area contributed by atoms with Crippen LogP contribution in [0.5, 0.6) is 0 Å². The quantitative estimate of drug-likeness (QED) is 0.189. The molecule has 0 bridgehead atoms. The third-order valence-electron chi connectivity index (χ3n) is 14.5. The molecule has 3 atom stereocenters. The molecule has 2 aromatic carbocycles. The van der Waals surface area contributed by atoms with Crippen molar-refractivity contribution in [3.8, 4) is 0 Å². The number of sulfone groups is 1. The Morgan fingerprint density at radius 3 is 2.31 bits per heavy atom. The molecule has 6 fully saturated rings. The number of ether oxygens (including phenoxy) is 2. The maximum atomic E-state index is 15.1. The topological polar surface area (TPSA) is 103 Å². The minimum Gasteiger partial charge on any atom is -0.469 e. The summed E-state index contributed by atoms with van der Waals surface area (Å²) in [4.78, 5) is 37.1. The molecular weight excluding hydrogens is 758 g/mol. The summed E-state index contributed by atoms with van der Waals surface area (Å²) in [5, 5.41) is -0.618. The molecule has 0 spiro atoms. The number of anilines is 1. The van der Waals surface area contributed by atoms with Crippen molar-refractivity contribution in [1.82, 2.24) is 19.6 Å². The predicted octanol–water partition coefficient (Wildman–Crippen LogP) is 4.47. The van der Waals surface area contributed by atoms with E-state index in [-0.39, 0.29) is 42.1 Å². The van der Waals surface area contributed by atoms with Gasteiger partial charge >= 0.3 is 5.97 Å². The molecule has 6 aliphatic rings. The predicted molar refractivity (Wildman–Crippen MR) is 222 cm³/mol. The first-order chi connectivity index (χ1) is 28.0. The van der Waals surface area contributed by atoms with E-state index in [4.69, 9.17) is 9.47 Å². The van der Waals surface area contributed by atoms with Crippen LogP contribution in [-0.2, 0) is 34.3 Å². The summed E-state index contributed by atoms with van der Waals surface area (Å²) in [7, 11) is -2.11. The molecule has 13 heteroatoms. The molecule has 1 amide bonds. The first-order valence-corrected chi connectivity index (χ1v) is 23.2. The van der Waals surface area contributed by atoms with Crippen molar-refractivity contribution in [2.75, 3.05) is 110 Å². The number of amides is 1. The van der Waals surface area contributed by atoms with Gasteiger partial charge in [-0.1, -0.05) is 31.2 Å². The molecule has 5 saturated heterocycles. The Labute approximate surface area is 344 Å². The Morgan fingerprint density at radius 2 is 1.62 bits per heavy atom. The van der Waals surface area contributed by atoms with Crippen molar-refractivity contribution in [3.05, 3.63) is 72.1 Å². The molecule has 0 radical (unpaired) electrons. The standard InChI is InChI=1S/C45H62FN5O6S/c1-33(26-48-19-21-57-22-20-48)44(53)51-30-41(31-51)58(54,55)40-11-5-10-39(25-40)50-28-34(29-50)27-47-17-13-36(14-18-47)45(32-49-15-6-16-49,37-8-4-9-38(46)24-37)42-12-3-7-35(42)23-43(52)56-2/h4-5,8-11,24-25,34-36,41-42H,1,3,6-7,12-23,26-32H2,2H3/t35-,42+,45+/m1/s1. The summed E-state index contributed by atoms with van der Waals surface area (Å²) in [5.74, 6) is 0.889. The molecule has 0 aromatic heterocycles. The Kier molecular flexibility index (Phi) is 12.6. The average Bonchev–Trinajstić information content (AvgIpc) is 3.64. The van der Waals surface area contributed by atoms with E-state index in [1.165, 1.54) is 13.5 Å². The van der Waals surface area contributed by atoms with Crippen LogP contribution in [-0.4, -0.2) is 151 Å². The molecule has 0 N–H and O–H groups in total. The molecule has 1 saturated carbocycles. The lowest BCUT2D eigenvalue weighted by atomic mass is 9.56. The minimum absolute atomic E-state index is 0.146. The fraction of sp³-hybridized carbons (Fsp3) is 0.644. The zero-order valence-electron chi connectivity index (χ0n) is 34.2. The molecule has 8 rings (SSSR count). The van der Waals surface area contributed by atoms with E-state index >= 15 is 4.39 Å². The van der Waals surface area contributed by atoms with Gasteiger partial charge in [0.1, 0.15) is 11.1 Å². The van der Waals surface area contributed by atoms with E-state index in [0.717, 1.165) is 109 Å². The highest BCUT2D eigenvalue weighted by atomic mass is 32.2. The molecule has 2 aromatic rings. The van der Waals surface area contributed by atoms with Crippen LogP contribution in [0.4, 0.5) is 10.1 Å². The summed E-state index contributed by atoms with van der Waals surface area (Å²) in [6.45, 7) is 15.4. The van der Waals surface area contributed by atoms with E-state index in [1.54, 1.807) is 29.2 Å². The van der Waals surface area contributed by atoms with E-state index in [1.807, 2.05) is 18.2 Å². The summed E-state index contributed by atoms with van der Waals surface area (Å²) in [5.41, 5.74) is 2.29. The Bertz CT molecular complexity index is 1900. The number of rotatable bonds is 15. The Balaban J connectivity index is 0.867. The number of hydrogen-bond donors (Lipinski definition) is 0. The van der Waals surface area contributed by atoms with Gasteiger partial charge in [0.2, 0.25) is 0 Å². The average molecular weight is 820 g/mol. The SMILES string of the molecule is C=C(CN1CCOCC1)C(=O)N1CC(S(=O)(=O)c2cccc(N3CC(CN4CCC([C@@](CN5CCC5)(c5cccc(F)c5)[C@H]5CCC[C@@H]5CC(=O)OC)CC4)C3)c2)C1.